The van der Waals surface area contributed by atoms with E-state index in [1.54, 1.807) is 6.07 Å². The van der Waals surface area contributed by atoms with Gasteiger partial charge in [-0.3, -0.25) is 0 Å². The van der Waals surface area contributed by atoms with E-state index in [-0.39, 0.29) is 5.82 Å². The molecule has 1 fully saturated rings. The molecule has 0 heterocycles. The van der Waals surface area contributed by atoms with Crippen molar-refractivity contribution in [1.82, 2.24) is 0 Å². The summed E-state index contributed by atoms with van der Waals surface area (Å²) < 4.78 is 14.7. The fourth-order valence-corrected chi connectivity index (χ4v) is 5.70. The first-order chi connectivity index (χ1) is 17.1. The molecule has 0 N–H and O–H groups in total. The molecule has 0 bridgehead atoms. The quantitative estimate of drug-likeness (QED) is 0.234. The molecule has 186 valence electrons. The molecule has 0 unspecified atom stereocenters. The van der Waals surface area contributed by atoms with Crippen LogP contribution in [0.3, 0.4) is 0 Å². The van der Waals surface area contributed by atoms with Crippen LogP contribution in [-0.2, 0) is 25.7 Å². The highest BCUT2D eigenvalue weighted by molar-refractivity contribution is 6.30. The molecule has 0 aromatic heterocycles. The van der Waals surface area contributed by atoms with Crippen molar-refractivity contribution in [3.8, 4) is 0 Å². The normalized spacial score (nSPS) is 18.0. The monoisotopic (exact) mass is 490 g/mol. The minimum absolute atomic E-state index is 0.0571. The molecular weight excluding hydrogens is 451 g/mol. The molecule has 3 aromatic carbocycles. The number of halogens is 2. The number of rotatable bonds is 11. The summed E-state index contributed by atoms with van der Waals surface area (Å²) in [6.45, 7) is 2.26. The van der Waals surface area contributed by atoms with Gasteiger partial charge in [-0.1, -0.05) is 79.9 Å². The lowest BCUT2D eigenvalue weighted by molar-refractivity contribution is 0.310. The zero-order chi connectivity index (χ0) is 24.5. The fourth-order valence-electron chi connectivity index (χ4n) is 5.57. The summed E-state index contributed by atoms with van der Waals surface area (Å²) in [7, 11) is 0. The summed E-state index contributed by atoms with van der Waals surface area (Å²) in [5.41, 5.74) is 6.15. The van der Waals surface area contributed by atoms with E-state index in [2.05, 4.69) is 37.3 Å². The Balaban J connectivity index is 1.20. The Hall–Kier alpha value is -2.12. The van der Waals surface area contributed by atoms with Crippen LogP contribution < -0.4 is 0 Å². The van der Waals surface area contributed by atoms with Crippen molar-refractivity contribution in [2.24, 2.45) is 5.92 Å². The maximum atomic E-state index is 14.7. The van der Waals surface area contributed by atoms with Gasteiger partial charge in [-0.2, -0.15) is 0 Å². The van der Waals surface area contributed by atoms with Gasteiger partial charge in [0.15, 0.2) is 0 Å². The molecule has 0 aliphatic heterocycles. The highest BCUT2D eigenvalue weighted by Gasteiger charge is 2.22. The van der Waals surface area contributed by atoms with Crippen LogP contribution in [0.5, 0.6) is 0 Å². The van der Waals surface area contributed by atoms with Gasteiger partial charge in [0.25, 0.3) is 0 Å². The molecule has 0 radical (unpaired) electrons. The Kier molecular flexibility index (Phi) is 9.83. The summed E-state index contributed by atoms with van der Waals surface area (Å²) in [5, 5.41) is 0.740. The molecule has 1 saturated carbocycles. The predicted molar refractivity (Wildman–Crippen MR) is 148 cm³/mol. The zero-order valence-corrected chi connectivity index (χ0v) is 22.0. The Morgan fingerprint density at radius 3 is 2.06 bits per heavy atom. The molecule has 0 atom stereocenters. The molecule has 0 saturated heterocycles. The van der Waals surface area contributed by atoms with Crippen molar-refractivity contribution >= 4 is 11.6 Å². The van der Waals surface area contributed by atoms with Crippen LogP contribution in [0.25, 0.3) is 0 Å². The van der Waals surface area contributed by atoms with E-state index < -0.39 is 0 Å². The van der Waals surface area contributed by atoms with Gasteiger partial charge in [-0.25, -0.2) is 4.39 Å². The SMILES string of the molecule is CCCCCc1ccc(C2CCC(CCc3ccc(CCc4ccc(Cl)cc4)c(F)c3)CC2)cc1. The average molecular weight is 491 g/mol. The molecule has 0 spiro atoms. The zero-order valence-electron chi connectivity index (χ0n) is 21.2. The van der Waals surface area contributed by atoms with Crippen LogP contribution in [0, 0.1) is 11.7 Å². The van der Waals surface area contributed by atoms with Gasteiger partial charge >= 0.3 is 0 Å². The summed E-state index contributed by atoms with van der Waals surface area (Å²) in [6.07, 6.45) is 14.0. The standard InChI is InChI=1S/C33H40ClF/c1-2-3-4-5-25-8-16-29(17-9-25)30-18-10-26(11-19-30)6-7-28-13-21-31(33(35)24-28)20-12-27-14-22-32(34)23-15-27/h8-9,13-17,21-24,26,30H,2-7,10-12,18-20H2,1H3. The summed E-state index contributed by atoms with van der Waals surface area (Å²) in [5.74, 6) is 1.43. The van der Waals surface area contributed by atoms with Gasteiger partial charge in [0.2, 0.25) is 0 Å². The minimum Gasteiger partial charge on any atom is -0.207 e. The average Bonchev–Trinajstić information content (AvgIpc) is 2.89. The first-order valence-corrected chi connectivity index (χ1v) is 14.1. The lowest BCUT2D eigenvalue weighted by atomic mass is 9.76. The highest BCUT2D eigenvalue weighted by Crippen LogP contribution is 2.37. The summed E-state index contributed by atoms with van der Waals surface area (Å²) in [4.78, 5) is 0. The molecule has 1 aliphatic rings. The van der Waals surface area contributed by atoms with Crippen molar-refractivity contribution in [1.29, 1.82) is 0 Å². The van der Waals surface area contributed by atoms with E-state index in [4.69, 9.17) is 11.6 Å². The molecule has 2 heteroatoms. The van der Waals surface area contributed by atoms with Crippen LogP contribution >= 0.6 is 11.6 Å². The molecular formula is C33H40ClF. The smallest absolute Gasteiger partial charge is 0.126 e. The van der Waals surface area contributed by atoms with Gasteiger partial charge in [0.05, 0.1) is 0 Å². The van der Waals surface area contributed by atoms with Crippen LogP contribution in [0.1, 0.15) is 92.0 Å². The largest absolute Gasteiger partial charge is 0.207 e. The van der Waals surface area contributed by atoms with Gasteiger partial charge < -0.3 is 0 Å². The highest BCUT2D eigenvalue weighted by atomic mass is 35.5. The van der Waals surface area contributed by atoms with Gasteiger partial charge in [-0.05, 0) is 122 Å². The van der Waals surface area contributed by atoms with E-state index in [1.165, 1.54) is 74.5 Å². The van der Waals surface area contributed by atoms with E-state index >= 15 is 0 Å². The number of aryl methyl sites for hydroxylation is 4. The third-order valence-electron chi connectivity index (χ3n) is 7.92. The molecule has 3 aromatic rings. The van der Waals surface area contributed by atoms with E-state index in [0.29, 0.717) is 5.92 Å². The third-order valence-corrected chi connectivity index (χ3v) is 8.17. The van der Waals surface area contributed by atoms with Crippen LogP contribution in [-0.4, -0.2) is 0 Å². The number of hydrogen-bond donors (Lipinski definition) is 0. The second kappa shape index (κ2) is 13.3. The number of benzene rings is 3. The van der Waals surface area contributed by atoms with Gasteiger partial charge in [0.1, 0.15) is 5.82 Å². The Morgan fingerprint density at radius 1 is 0.714 bits per heavy atom. The second-order valence-electron chi connectivity index (χ2n) is 10.5. The first-order valence-electron chi connectivity index (χ1n) is 13.7. The van der Waals surface area contributed by atoms with Gasteiger partial charge in [0, 0.05) is 5.02 Å². The second-order valence-corrected chi connectivity index (χ2v) is 10.9. The lowest BCUT2D eigenvalue weighted by Crippen LogP contribution is -2.14. The van der Waals surface area contributed by atoms with Crippen molar-refractivity contribution in [3.05, 3.63) is 105 Å². The minimum atomic E-state index is -0.0571. The van der Waals surface area contributed by atoms with Crippen molar-refractivity contribution in [2.75, 3.05) is 0 Å². The summed E-state index contributed by atoms with van der Waals surface area (Å²) in [6, 6.07) is 23.2. The molecule has 1 aliphatic carbocycles. The molecule has 35 heavy (non-hydrogen) atoms. The lowest BCUT2D eigenvalue weighted by Gasteiger charge is -2.29. The van der Waals surface area contributed by atoms with Crippen molar-refractivity contribution < 1.29 is 4.39 Å². The Labute approximate surface area is 216 Å². The van der Waals surface area contributed by atoms with Crippen LogP contribution in [0.4, 0.5) is 4.39 Å². The molecule has 4 rings (SSSR count). The van der Waals surface area contributed by atoms with Gasteiger partial charge in [-0.15, -0.1) is 0 Å². The topological polar surface area (TPSA) is 0 Å². The van der Waals surface area contributed by atoms with Crippen LogP contribution in [0.2, 0.25) is 5.02 Å². The van der Waals surface area contributed by atoms with E-state index in [1.807, 2.05) is 30.3 Å². The summed E-state index contributed by atoms with van der Waals surface area (Å²) >= 11 is 5.96. The van der Waals surface area contributed by atoms with Crippen molar-refractivity contribution in [3.63, 3.8) is 0 Å². The third kappa shape index (κ3) is 7.94. The van der Waals surface area contributed by atoms with Crippen LogP contribution in [0.15, 0.2) is 66.7 Å². The van der Waals surface area contributed by atoms with Crippen molar-refractivity contribution in [2.45, 2.75) is 89.9 Å². The maximum Gasteiger partial charge on any atom is 0.126 e. The maximum absolute atomic E-state index is 14.7. The number of unbranched alkanes of at least 4 members (excludes halogenated alkanes) is 2. The predicted octanol–water partition coefficient (Wildman–Crippen LogP) is 9.90. The van der Waals surface area contributed by atoms with E-state index in [0.717, 1.165) is 41.3 Å². The fraction of sp³-hybridized carbons (Fsp3) is 0.455. The molecule has 0 nitrogen and oxygen atoms in total. The molecule has 0 amide bonds. The van der Waals surface area contributed by atoms with E-state index in [9.17, 15) is 4.39 Å². The number of hydrogen-bond acceptors (Lipinski definition) is 0. The Bertz CT molecular complexity index is 1030. The first kappa shape index (κ1) is 26.0. The Morgan fingerprint density at radius 2 is 1.37 bits per heavy atom.